The Bertz CT molecular complexity index is 2050. The van der Waals surface area contributed by atoms with E-state index in [-0.39, 0.29) is 40.5 Å². The second-order valence-corrected chi connectivity index (χ2v) is 11.2. The number of benzene rings is 2. The molecule has 0 aliphatic heterocycles. The average Bonchev–Trinajstić information content (AvgIpc) is 3.39. The molecule has 3 aromatic heterocycles. The molecule has 236 valence electrons. The molecule has 2 N–H and O–H groups in total. The van der Waals surface area contributed by atoms with Crippen LogP contribution in [0.3, 0.4) is 0 Å². The zero-order chi connectivity index (χ0) is 33.0. The minimum Gasteiger partial charge on any atom is -0.477 e. The number of hydrogen-bond donors (Lipinski definition) is 2. The van der Waals surface area contributed by atoms with Gasteiger partial charge < -0.3 is 15.0 Å². The SMILES string of the molecule is CONC(=O)Nc1ccc(-c2sc3c(c2CN(C)C)c(=O)n(-c2ccc(OCC#N)cn2)c(=O)n3Cc2c(F)cccc2F)cc1. The van der Waals surface area contributed by atoms with E-state index in [2.05, 4.69) is 20.6 Å². The van der Waals surface area contributed by atoms with Crippen molar-refractivity contribution >= 4 is 33.3 Å². The van der Waals surface area contributed by atoms with E-state index in [0.29, 0.717) is 21.7 Å². The Kier molecular flexibility index (Phi) is 9.52. The van der Waals surface area contributed by atoms with Crippen molar-refractivity contribution in [2.45, 2.75) is 13.1 Å². The van der Waals surface area contributed by atoms with E-state index in [1.165, 1.54) is 36.1 Å². The fraction of sp³-hybridized carbons (Fsp3) is 0.194. The van der Waals surface area contributed by atoms with Crippen LogP contribution in [0.2, 0.25) is 0 Å². The lowest BCUT2D eigenvalue weighted by Gasteiger charge is -2.14. The fourth-order valence-electron chi connectivity index (χ4n) is 4.81. The summed E-state index contributed by atoms with van der Waals surface area (Å²) in [4.78, 5) is 51.7. The van der Waals surface area contributed by atoms with E-state index in [4.69, 9.17) is 10.00 Å². The number of halogens is 2. The maximum atomic E-state index is 14.9. The highest BCUT2D eigenvalue weighted by Gasteiger charge is 2.25. The molecule has 3 heterocycles. The number of nitrogens with one attached hydrogen (secondary N) is 2. The Labute approximate surface area is 264 Å². The molecular formula is C31H27F2N7O5S. The van der Waals surface area contributed by atoms with Crippen LogP contribution in [0.4, 0.5) is 19.3 Å². The number of hydroxylamine groups is 1. The van der Waals surface area contributed by atoms with Gasteiger partial charge in [0.05, 0.1) is 25.2 Å². The maximum Gasteiger partial charge on any atom is 0.343 e. The molecular weight excluding hydrogens is 620 g/mol. The van der Waals surface area contributed by atoms with Crippen molar-refractivity contribution in [1.29, 1.82) is 5.26 Å². The van der Waals surface area contributed by atoms with Crippen LogP contribution in [0.15, 0.2) is 70.4 Å². The summed E-state index contributed by atoms with van der Waals surface area (Å²) in [5, 5.41) is 11.6. The number of hydrogen-bond acceptors (Lipinski definition) is 9. The van der Waals surface area contributed by atoms with Gasteiger partial charge in [-0.15, -0.1) is 11.3 Å². The van der Waals surface area contributed by atoms with Gasteiger partial charge in [-0.25, -0.2) is 33.4 Å². The van der Waals surface area contributed by atoms with Gasteiger partial charge in [-0.1, -0.05) is 18.2 Å². The number of thiophene rings is 1. The van der Waals surface area contributed by atoms with Gasteiger partial charge in [0.25, 0.3) is 5.56 Å². The van der Waals surface area contributed by atoms with Gasteiger partial charge in [0.1, 0.15) is 34.1 Å². The van der Waals surface area contributed by atoms with Crippen molar-refractivity contribution in [2.24, 2.45) is 0 Å². The van der Waals surface area contributed by atoms with Crippen molar-refractivity contribution in [1.82, 2.24) is 24.5 Å². The molecule has 46 heavy (non-hydrogen) atoms. The first-order valence-electron chi connectivity index (χ1n) is 13.7. The molecule has 0 saturated heterocycles. The monoisotopic (exact) mass is 647 g/mol. The van der Waals surface area contributed by atoms with Crippen LogP contribution < -0.4 is 26.8 Å². The van der Waals surface area contributed by atoms with Crippen LogP contribution in [-0.4, -0.2) is 52.9 Å². The molecule has 0 fully saturated rings. The number of rotatable bonds is 10. The summed E-state index contributed by atoms with van der Waals surface area (Å²) in [5.74, 6) is -1.49. The Morgan fingerprint density at radius 3 is 2.39 bits per heavy atom. The Morgan fingerprint density at radius 2 is 1.78 bits per heavy atom. The zero-order valence-electron chi connectivity index (χ0n) is 24.8. The quantitative estimate of drug-likeness (QED) is 0.214. The summed E-state index contributed by atoms with van der Waals surface area (Å²) in [7, 11) is 4.94. The van der Waals surface area contributed by atoms with Gasteiger partial charge in [-0.3, -0.25) is 14.2 Å². The first kappa shape index (κ1) is 32.0. The van der Waals surface area contributed by atoms with E-state index in [1.54, 1.807) is 24.3 Å². The number of urea groups is 1. The smallest absolute Gasteiger partial charge is 0.343 e. The molecule has 5 aromatic rings. The second kappa shape index (κ2) is 13.7. The topological polar surface area (TPSA) is 144 Å². The largest absolute Gasteiger partial charge is 0.477 e. The highest BCUT2D eigenvalue weighted by atomic mass is 32.1. The van der Waals surface area contributed by atoms with Gasteiger partial charge in [-0.2, -0.15) is 5.26 Å². The molecule has 2 amide bonds. The van der Waals surface area contributed by atoms with Crippen LogP contribution >= 0.6 is 11.3 Å². The van der Waals surface area contributed by atoms with Crippen LogP contribution in [0.5, 0.6) is 5.75 Å². The minimum absolute atomic E-state index is 0.0442. The number of carbonyl (C=O) groups excluding carboxylic acids is 1. The predicted molar refractivity (Wildman–Crippen MR) is 168 cm³/mol. The van der Waals surface area contributed by atoms with Gasteiger partial charge in [-0.05, 0) is 61.6 Å². The lowest BCUT2D eigenvalue weighted by molar-refractivity contribution is 0.114. The highest BCUT2D eigenvalue weighted by Crippen LogP contribution is 2.38. The number of nitriles is 1. The highest BCUT2D eigenvalue weighted by molar-refractivity contribution is 7.22. The number of amides is 2. The molecule has 5 rings (SSSR count). The normalized spacial score (nSPS) is 11.1. The molecule has 0 aliphatic rings. The van der Waals surface area contributed by atoms with Gasteiger partial charge >= 0.3 is 11.7 Å². The average molecular weight is 648 g/mol. The number of carbonyl (C=O) groups is 1. The molecule has 2 aromatic carbocycles. The van der Waals surface area contributed by atoms with E-state index in [1.807, 2.05) is 25.1 Å². The number of aromatic nitrogens is 3. The molecule has 0 spiro atoms. The predicted octanol–water partition coefficient (Wildman–Crippen LogP) is 4.25. The molecule has 0 bridgehead atoms. The van der Waals surface area contributed by atoms with Crippen molar-refractivity contribution in [2.75, 3.05) is 33.1 Å². The number of anilines is 1. The van der Waals surface area contributed by atoms with E-state index < -0.39 is 35.5 Å². The number of ether oxygens (including phenoxy) is 1. The molecule has 0 radical (unpaired) electrons. The van der Waals surface area contributed by atoms with Gasteiger partial charge in [0.15, 0.2) is 6.61 Å². The van der Waals surface area contributed by atoms with Crippen molar-refractivity contribution < 1.29 is 23.1 Å². The van der Waals surface area contributed by atoms with Crippen LogP contribution in [0.1, 0.15) is 11.1 Å². The van der Waals surface area contributed by atoms with Gasteiger partial charge in [0, 0.05) is 22.7 Å². The number of nitrogens with zero attached hydrogens (tertiary/aromatic N) is 5. The summed E-state index contributed by atoms with van der Waals surface area (Å²) in [6.45, 7) is -0.450. The molecule has 0 unspecified atom stereocenters. The Hall–Kier alpha value is -5.43. The minimum atomic E-state index is -0.855. The van der Waals surface area contributed by atoms with Crippen LogP contribution in [-0.2, 0) is 17.9 Å². The standard InChI is InChI=1S/C31H27F2N7O5S/c1-38(2)16-22-26-28(41)40(25-12-11-20(15-35-25)45-14-13-34)31(43)39(17-21-23(32)5-4-6-24(21)33)29(26)46-27(22)18-7-9-19(10-8-18)36-30(42)37-44-3/h4-12,15H,14,16-17H2,1-3H3,(H2,36,37,42). The Morgan fingerprint density at radius 1 is 1.07 bits per heavy atom. The van der Waals surface area contributed by atoms with E-state index in [9.17, 15) is 23.2 Å². The first-order valence-corrected chi connectivity index (χ1v) is 14.5. The third-order valence-electron chi connectivity index (χ3n) is 6.78. The molecule has 12 nitrogen and oxygen atoms in total. The number of pyridine rings is 1. The first-order chi connectivity index (χ1) is 22.1. The van der Waals surface area contributed by atoms with Gasteiger partial charge in [0.2, 0.25) is 0 Å². The van der Waals surface area contributed by atoms with E-state index in [0.717, 1.165) is 28.0 Å². The third kappa shape index (κ3) is 6.49. The second-order valence-electron chi connectivity index (χ2n) is 10.2. The van der Waals surface area contributed by atoms with Crippen molar-refractivity contribution in [3.05, 3.63) is 104 Å². The number of fused-ring (bicyclic) bond motifs is 1. The lowest BCUT2D eigenvalue weighted by atomic mass is 10.1. The maximum absolute atomic E-state index is 14.9. The molecule has 0 aliphatic carbocycles. The summed E-state index contributed by atoms with van der Waals surface area (Å²) >= 11 is 1.14. The third-order valence-corrected chi connectivity index (χ3v) is 8.08. The summed E-state index contributed by atoms with van der Waals surface area (Å²) in [6, 6.07) is 14.3. The molecule has 0 atom stereocenters. The van der Waals surface area contributed by atoms with Crippen LogP contribution in [0.25, 0.3) is 26.5 Å². The van der Waals surface area contributed by atoms with Crippen LogP contribution in [0, 0.1) is 23.0 Å². The van der Waals surface area contributed by atoms with Crippen molar-refractivity contribution in [3.8, 4) is 28.1 Å². The molecule has 0 saturated carbocycles. The summed E-state index contributed by atoms with van der Waals surface area (Å²) in [6.07, 6.45) is 1.27. The molecule has 15 heteroatoms. The summed E-state index contributed by atoms with van der Waals surface area (Å²) < 4.78 is 37.1. The zero-order valence-corrected chi connectivity index (χ0v) is 25.7. The van der Waals surface area contributed by atoms with Crippen molar-refractivity contribution in [3.63, 3.8) is 0 Å². The Balaban J connectivity index is 1.76. The summed E-state index contributed by atoms with van der Waals surface area (Å²) in [5.41, 5.74) is 2.02. The fourth-order valence-corrected chi connectivity index (χ4v) is 6.11. The van der Waals surface area contributed by atoms with E-state index >= 15 is 0 Å². The lowest BCUT2D eigenvalue weighted by Crippen LogP contribution is -2.39.